The Morgan fingerprint density at radius 2 is 2.11 bits per heavy atom. The van der Waals surface area contributed by atoms with Crippen LogP contribution in [-0.2, 0) is 9.47 Å². The van der Waals surface area contributed by atoms with Crippen LogP contribution < -0.4 is 0 Å². The molecule has 0 aliphatic rings. The zero-order valence-corrected chi connectivity index (χ0v) is 5.70. The first-order chi connectivity index (χ1) is 4.16. The lowest BCUT2D eigenvalue weighted by molar-refractivity contribution is -0.193. The normalized spacial score (nSPS) is 16.3. The van der Waals surface area contributed by atoms with Crippen molar-refractivity contribution in [3.63, 3.8) is 0 Å². The standard InChI is InChI=1S/C6H12O3/c1-4-8-6(3)9-5(2)7/h4-7H,1H2,2-3H3. The topological polar surface area (TPSA) is 38.7 Å². The molecule has 0 rings (SSSR count). The zero-order chi connectivity index (χ0) is 7.28. The van der Waals surface area contributed by atoms with Crippen molar-refractivity contribution in [3.8, 4) is 0 Å². The second-order valence-electron chi connectivity index (χ2n) is 1.61. The molecule has 1 N–H and O–H groups in total. The predicted octanol–water partition coefficient (Wildman–Crippen LogP) is 0.847. The zero-order valence-electron chi connectivity index (χ0n) is 5.70. The van der Waals surface area contributed by atoms with Gasteiger partial charge in [-0.1, -0.05) is 6.58 Å². The summed E-state index contributed by atoms with van der Waals surface area (Å²) in [4.78, 5) is 0. The van der Waals surface area contributed by atoms with Crippen molar-refractivity contribution in [2.45, 2.75) is 26.4 Å². The third-order valence-electron chi connectivity index (χ3n) is 0.676. The molecule has 0 aromatic heterocycles. The predicted molar refractivity (Wildman–Crippen MR) is 33.5 cm³/mol. The van der Waals surface area contributed by atoms with Gasteiger partial charge in [-0.3, -0.25) is 0 Å². The van der Waals surface area contributed by atoms with Gasteiger partial charge in [0.2, 0.25) is 0 Å². The fraction of sp³-hybridized carbons (Fsp3) is 0.667. The quantitative estimate of drug-likeness (QED) is 0.455. The van der Waals surface area contributed by atoms with Crippen LogP contribution in [0.1, 0.15) is 13.8 Å². The molecule has 0 aliphatic carbocycles. The Bertz CT molecular complexity index is 80.4. The second-order valence-corrected chi connectivity index (χ2v) is 1.61. The van der Waals surface area contributed by atoms with Crippen molar-refractivity contribution >= 4 is 0 Å². The molecule has 0 heterocycles. The Morgan fingerprint density at radius 1 is 1.56 bits per heavy atom. The monoisotopic (exact) mass is 132 g/mol. The number of hydrogen-bond acceptors (Lipinski definition) is 3. The molecular formula is C6H12O3. The van der Waals surface area contributed by atoms with Gasteiger partial charge in [0.15, 0.2) is 12.6 Å². The van der Waals surface area contributed by atoms with Crippen molar-refractivity contribution < 1.29 is 14.6 Å². The van der Waals surface area contributed by atoms with Crippen LogP contribution in [0.3, 0.4) is 0 Å². The molecule has 3 nitrogen and oxygen atoms in total. The first-order valence-electron chi connectivity index (χ1n) is 2.76. The summed E-state index contributed by atoms with van der Waals surface area (Å²) in [5.74, 6) is 0. The Kier molecular flexibility index (Phi) is 4.09. The lowest BCUT2D eigenvalue weighted by Gasteiger charge is -2.13. The van der Waals surface area contributed by atoms with Gasteiger partial charge in [0.05, 0.1) is 6.26 Å². The molecule has 2 unspecified atom stereocenters. The van der Waals surface area contributed by atoms with Gasteiger partial charge in [-0.25, -0.2) is 0 Å². The van der Waals surface area contributed by atoms with Crippen molar-refractivity contribution in [2.75, 3.05) is 0 Å². The second kappa shape index (κ2) is 4.35. The van der Waals surface area contributed by atoms with E-state index >= 15 is 0 Å². The Hall–Kier alpha value is -0.540. The Labute approximate surface area is 54.9 Å². The molecule has 0 radical (unpaired) electrons. The lowest BCUT2D eigenvalue weighted by atomic mass is 10.7. The van der Waals surface area contributed by atoms with E-state index in [0.29, 0.717) is 0 Å². The average Bonchev–Trinajstić information content (AvgIpc) is 1.63. The molecule has 3 heteroatoms. The smallest absolute Gasteiger partial charge is 0.198 e. The van der Waals surface area contributed by atoms with Crippen molar-refractivity contribution in [3.05, 3.63) is 12.8 Å². The molecule has 0 spiro atoms. The van der Waals surface area contributed by atoms with Gasteiger partial charge in [0, 0.05) is 0 Å². The average molecular weight is 132 g/mol. The van der Waals surface area contributed by atoms with E-state index in [9.17, 15) is 0 Å². The van der Waals surface area contributed by atoms with Gasteiger partial charge in [-0.2, -0.15) is 0 Å². The van der Waals surface area contributed by atoms with Gasteiger partial charge >= 0.3 is 0 Å². The van der Waals surface area contributed by atoms with E-state index in [-0.39, 0.29) is 0 Å². The molecule has 0 fully saturated rings. The van der Waals surface area contributed by atoms with Crippen LogP contribution in [0.4, 0.5) is 0 Å². The van der Waals surface area contributed by atoms with Gasteiger partial charge in [-0.05, 0) is 13.8 Å². The summed E-state index contributed by atoms with van der Waals surface area (Å²) in [6, 6.07) is 0. The van der Waals surface area contributed by atoms with Crippen LogP contribution in [0.5, 0.6) is 0 Å². The maximum atomic E-state index is 8.61. The Morgan fingerprint density at radius 3 is 2.44 bits per heavy atom. The van der Waals surface area contributed by atoms with Gasteiger partial charge < -0.3 is 14.6 Å². The summed E-state index contributed by atoms with van der Waals surface area (Å²) in [7, 11) is 0. The van der Waals surface area contributed by atoms with E-state index in [4.69, 9.17) is 14.6 Å². The molecule has 9 heavy (non-hydrogen) atoms. The molecule has 0 aromatic carbocycles. The number of ether oxygens (including phenoxy) is 2. The van der Waals surface area contributed by atoms with Crippen LogP contribution in [0.2, 0.25) is 0 Å². The van der Waals surface area contributed by atoms with Crippen LogP contribution in [0.15, 0.2) is 12.8 Å². The summed E-state index contributed by atoms with van der Waals surface area (Å²) >= 11 is 0. The highest BCUT2D eigenvalue weighted by Gasteiger charge is 2.02. The molecule has 0 saturated heterocycles. The van der Waals surface area contributed by atoms with Crippen molar-refractivity contribution in [1.82, 2.24) is 0 Å². The van der Waals surface area contributed by atoms with E-state index in [1.807, 2.05) is 0 Å². The van der Waals surface area contributed by atoms with E-state index in [2.05, 4.69) is 6.58 Å². The summed E-state index contributed by atoms with van der Waals surface area (Å²) in [5, 5.41) is 8.61. The first-order valence-corrected chi connectivity index (χ1v) is 2.76. The van der Waals surface area contributed by atoms with Crippen LogP contribution in [0.25, 0.3) is 0 Å². The summed E-state index contributed by atoms with van der Waals surface area (Å²) < 4.78 is 9.49. The van der Waals surface area contributed by atoms with Crippen molar-refractivity contribution in [2.24, 2.45) is 0 Å². The molecule has 0 aromatic rings. The molecule has 0 aliphatic heterocycles. The molecular weight excluding hydrogens is 120 g/mol. The fourth-order valence-corrected chi connectivity index (χ4v) is 0.445. The van der Waals surface area contributed by atoms with E-state index < -0.39 is 12.6 Å². The van der Waals surface area contributed by atoms with Gasteiger partial charge in [0.1, 0.15) is 0 Å². The van der Waals surface area contributed by atoms with Crippen LogP contribution >= 0.6 is 0 Å². The highest BCUT2D eigenvalue weighted by molar-refractivity contribution is 4.49. The number of rotatable bonds is 4. The molecule has 0 saturated carbocycles. The molecule has 2 atom stereocenters. The third kappa shape index (κ3) is 5.33. The Balaban J connectivity index is 3.25. The molecule has 54 valence electrons. The minimum Gasteiger partial charge on any atom is -0.473 e. The molecule has 0 bridgehead atoms. The van der Waals surface area contributed by atoms with Gasteiger partial charge in [0.25, 0.3) is 0 Å². The van der Waals surface area contributed by atoms with E-state index in [1.165, 1.54) is 13.2 Å². The number of hydrogen-bond donors (Lipinski definition) is 1. The lowest BCUT2D eigenvalue weighted by Crippen LogP contribution is -2.17. The largest absolute Gasteiger partial charge is 0.473 e. The summed E-state index contributed by atoms with van der Waals surface area (Å²) in [5.41, 5.74) is 0. The van der Waals surface area contributed by atoms with Crippen molar-refractivity contribution in [1.29, 1.82) is 0 Å². The summed E-state index contributed by atoms with van der Waals surface area (Å²) in [6.07, 6.45) is 0.0509. The summed E-state index contributed by atoms with van der Waals surface area (Å²) in [6.45, 7) is 6.52. The minimum absolute atomic E-state index is 0.428. The highest BCUT2D eigenvalue weighted by Crippen LogP contribution is 1.96. The van der Waals surface area contributed by atoms with E-state index in [0.717, 1.165) is 0 Å². The highest BCUT2D eigenvalue weighted by atomic mass is 16.7. The van der Waals surface area contributed by atoms with Gasteiger partial charge in [-0.15, -0.1) is 0 Å². The third-order valence-corrected chi connectivity index (χ3v) is 0.676. The molecule has 0 amide bonds. The SMILES string of the molecule is C=COC(C)OC(C)O. The fourth-order valence-electron chi connectivity index (χ4n) is 0.445. The number of aliphatic hydroxyl groups excluding tert-OH is 1. The maximum Gasteiger partial charge on any atom is 0.198 e. The number of aliphatic hydroxyl groups is 1. The van der Waals surface area contributed by atoms with E-state index in [1.54, 1.807) is 6.92 Å². The maximum absolute atomic E-state index is 8.61. The van der Waals surface area contributed by atoms with Crippen LogP contribution in [-0.4, -0.2) is 17.7 Å². The van der Waals surface area contributed by atoms with Crippen LogP contribution in [0, 0.1) is 0 Å². The first kappa shape index (κ1) is 8.46. The minimum atomic E-state index is -0.792.